The first-order valence-corrected chi connectivity index (χ1v) is 0. The van der Waals surface area contributed by atoms with Crippen LogP contribution in [0.4, 0.5) is 0 Å². The van der Waals surface area contributed by atoms with E-state index in [-0.39, 0.29) is 92.2 Å². The van der Waals surface area contributed by atoms with Crippen LogP contribution in [0, 0.1) is 0 Å². The minimum atomic E-state index is 0. The van der Waals surface area contributed by atoms with E-state index in [1.165, 1.54) is 0 Å². The Labute approximate surface area is 91.7 Å². The summed E-state index contributed by atoms with van der Waals surface area (Å²) < 4.78 is 0. The summed E-state index contributed by atoms with van der Waals surface area (Å²) in [6.45, 7) is 0. The van der Waals surface area contributed by atoms with E-state index in [9.17, 15) is 0 Å². The fourth-order valence-corrected chi connectivity index (χ4v) is 0. The van der Waals surface area contributed by atoms with Gasteiger partial charge in [0.25, 0.3) is 0 Å². The van der Waals surface area contributed by atoms with Crippen LogP contribution < -0.4 is 0 Å². The van der Waals surface area contributed by atoms with Crippen LogP contribution in [-0.2, 0) is 0 Å². The van der Waals surface area contributed by atoms with Crippen LogP contribution in [-0.4, -0.2) is 69.4 Å². The number of hydrogen-bond donors (Lipinski definition) is 0. The average molecular weight is 156 g/mol. The van der Waals surface area contributed by atoms with Crippen LogP contribution in [0.1, 0.15) is 4.28 Å². The van der Waals surface area contributed by atoms with Gasteiger partial charge in [-0.15, -0.1) is 0 Å². The smallest absolute Gasteiger partial charge is 3.00 e. The third kappa shape index (κ3) is 71.6. The van der Waals surface area contributed by atoms with E-state index in [0.717, 1.165) is 0 Å². The zero-order valence-electron chi connectivity index (χ0n) is 3.65. The van der Waals surface area contributed by atoms with Crippen LogP contribution in [0.15, 0.2) is 0 Å². The predicted octanol–water partition coefficient (Wildman–Crippen LogP) is 0.0809. The molecule has 0 aliphatic carbocycles. The molecule has 7 heteroatoms. The zero-order valence-corrected chi connectivity index (χ0v) is 8.27. The second kappa shape index (κ2) is 97.4. The molecule has 0 aromatic heterocycles. The van der Waals surface area contributed by atoms with E-state index < -0.39 is 0 Å². The Kier molecular flexibility index (Phi) is 1990. The van der Waals surface area contributed by atoms with Gasteiger partial charge in [-0.3, -0.25) is 0 Å². The first kappa shape index (κ1) is 143. The van der Waals surface area contributed by atoms with E-state index in [2.05, 4.69) is 0 Å². The van der Waals surface area contributed by atoms with E-state index >= 15 is 0 Å². The molecule has 0 bridgehead atoms. The maximum atomic E-state index is 0. The summed E-state index contributed by atoms with van der Waals surface area (Å²) in [7, 11) is 0. The fourth-order valence-electron chi connectivity index (χ4n) is 0. The SMILES string of the molecule is [Al+3].[Al+3].[Al+3].[Al+3].[HH].[HH].[HH].[N-3].[N-3].[N-3]. The van der Waals surface area contributed by atoms with Crippen molar-refractivity contribution in [3.05, 3.63) is 18.5 Å². The van der Waals surface area contributed by atoms with E-state index in [1.807, 2.05) is 0 Å². The topological polar surface area (TPSA) is 91.5 Å². The van der Waals surface area contributed by atoms with Crippen LogP contribution in [0.2, 0.25) is 0 Å². The summed E-state index contributed by atoms with van der Waals surface area (Å²) in [5, 5.41) is 0. The molecule has 7 heavy (non-hydrogen) atoms. The monoisotopic (exact) mass is 156 g/mol. The molecule has 0 saturated heterocycles. The standard InChI is InChI=1S/4Al.3N.3H2/h;;;;;;;3*1H/q4*+3;3*-3;;;. The number of rotatable bonds is 0. The summed E-state index contributed by atoms with van der Waals surface area (Å²) in [5.74, 6) is 0. The fraction of sp³-hybridized carbons (Fsp3) is 0. The molecule has 3 nitrogen and oxygen atoms in total. The first-order chi connectivity index (χ1) is 0. The van der Waals surface area contributed by atoms with Crippen molar-refractivity contribution in [1.29, 1.82) is 0 Å². The molecule has 0 fully saturated rings. The molecule has 30 valence electrons. The van der Waals surface area contributed by atoms with Crippen LogP contribution in [0.25, 0.3) is 18.5 Å². The Balaban J connectivity index is 0. The first-order valence-electron chi connectivity index (χ1n) is 0. The van der Waals surface area contributed by atoms with Gasteiger partial charge in [0.2, 0.25) is 0 Å². The molecule has 0 atom stereocenters. The molecule has 0 aromatic carbocycles. The number of nitrogens with zero attached hydrogens (tertiary/aromatic N) is 3. The summed E-state index contributed by atoms with van der Waals surface area (Å²) in [5.41, 5.74) is 0. The van der Waals surface area contributed by atoms with Crippen molar-refractivity contribution >= 4 is 69.4 Å². The van der Waals surface area contributed by atoms with Crippen molar-refractivity contribution in [2.75, 3.05) is 0 Å². The van der Waals surface area contributed by atoms with Gasteiger partial charge in [0.05, 0.1) is 0 Å². The molecule has 0 amide bonds. The Morgan fingerprint density at radius 2 is 0.429 bits per heavy atom. The molecular weight excluding hydrogens is 150 g/mol. The van der Waals surface area contributed by atoms with E-state index in [0.29, 0.717) is 0 Å². The molecule has 0 rings (SSSR count). The summed E-state index contributed by atoms with van der Waals surface area (Å²) in [4.78, 5) is 0. The summed E-state index contributed by atoms with van der Waals surface area (Å²) in [6, 6.07) is 0. The minimum absolute atomic E-state index is 0. The van der Waals surface area contributed by atoms with Gasteiger partial charge in [-0.25, -0.2) is 0 Å². The number of hydrogen-bond acceptors (Lipinski definition) is 0. The van der Waals surface area contributed by atoms with E-state index in [4.69, 9.17) is 0 Å². The molecule has 0 spiro atoms. The normalized spacial score (nSPS) is 0. The van der Waals surface area contributed by atoms with Crippen LogP contribution in [0.3, 0.4) is 0 Å². The third-order valence-electron chi connectivity index (χ3n) is 0. The summed E-state index contributed by atoms with van der Waals surface area (Å²) >= 11 is 0. The van der Waals surface area contributed by atoms with Crippen molar-refractivity contribution in [1.82, 2.24) is 0 Å². The molecule has 0 radical (unpaired) electrons. The predicted molar refractivity (Wildman–Crippen MR) is 39.4 cm³/mol. The molecule has 0 aliphatic heterocycles. The quantitative estimate of drug-likeness (QED) is 0.444. The maximum Gasteiger partial charge on any atom is 3.00 e. The molecule has 0 saturated carbocycles. The van der Waals surface area contributed by atoms with Gasteiger partial charge in [-0.2, -0.15) is 0 Å². The molecule has 0 N–H and O–H groups in total. The second-order valence-electron chi connectivity index (χ2n) is 0. The van der Waals surface area contributed by atoms with Gasteiger partial charge >= 0.3 is 69.4 Å². The molecule has 0 aliphatic rings. The van der Waals surface area contributed by atoms with Crippen molar-refractivity contribution in [3.63, 3.8) is 0 Å². The Bertz CT molecular complexity index is 15.7. The average Bonchev–Trinajstić information content (AvgIpc) is 0. The van der Waals surface area contributed by atoms with Gasteiger partial charge in [-0.05, 0) is 0 Å². The van der Waals surface area contributed by atoms with Gasteiger partial charge in [0.15, 0.2) is 0 Å². The minimum Gasteiger partial charge on any atom is -3.00 e. The second-order valence-corrected chi connectivity index (χ2v) is 0. The maximum absolute atomic E-state index is 0. The Hall–Kier alpha value is 2.01. The van der Waals surface area contributed by atoms with Gasteiger partial charge in [0, 0.05) is 4.28 Å². The molecule has 0 heterocycles. The van der Waals surface area contributed by atoms with Crippen molar-refractivity contribution in [2.24, 2.45) is 0 Å². The van der Waals surface area contributed by atoms with Crippen molar-refractivity contribution < 1.29 is 4.28 Å². The van der Waals surface area contributed by atoms with Gasteiger partial charge in [0.1, 0.15) is 0 Å². The van der Waals surface area contributed by atoms with Crippen LogP contribution in [0.5, 0.6) is 0 Å². The zero-order chi connectivity index (χ0) is 0. The van der Waals surface area contributed by atoms with Crippen molar-refractivity contribution in [3.8, 4) is 0 Å². The largest absolute Gasteiger partial charge is 3.00 e. The van der Waals surface area contributed by atoms with Crippen LogP contribution >= 0.6 is 0 Å². The third-order valence-corrected chi connectivity index (χ3v) is 0. The van der Waals surface area contributed by atoms with Gasteiger partial charge < -0.3 is 18.5 Å². The summed E-state index contributed by atoms with van der Waals surface area (Å²) in [6.07, 6.45) is 0. The molecule has 0 unspecified atom stereocenters. The Morgan fingerprint density at radius 3 is 0.429 bits per heavy atom. The Morgan fingerprint density at radius 1 is 0.429 bits per heavy atom. The van der Waals surface area contributed by atoms with E-state index in [1.54, 1.807) is 0 Å². The van der Waals surface area contributed by atoms with Crippen molar-refractivity contribution in [2.45, 2.75) is 0 Å². The van der Waals surface area contributed by atoms with Gasteiger partial charge in [-0.1, -0.05) is 0 Å². The molecular formula is H6Al4N3+3. The molecule has 0 aromatic rings.